The fraction of sp³-hybridized carbons (Fsp3) is 0.442. The third-order valence-electron chi connectivity index (χ3n) is 22.0. The molecular formula is C86H108N18O22S2. The van der Waals surface area contributed by atoms with Crippen molar-refractivity contribution in [3.63, 3.8) is 0 Å². The molecule has 4 aromatic carbocycles. The molecule has 0 spiro atoms. The highest BCUT2D eigenvalue weighted by atomic mass is 33.1. The fourth-order valence-corrected chi connectivity index (χ4v) is 17.1. The van der Waals surface area contributed by atoms with Crippen LogP contribution >= 0.6 is 21.6 Å². The zero-order valence-corrected chi connectivity index (χ0v) is 72.6. The number of nitrogens with two attached hydrogens (primary N) is 2. The number of carbonyl (C=O) groups is 14. The Morgan fingerprint density at radius 2 is 1.33 bits per heavy atom. The van der Waals surface area contributed by atoms with Crippen LogP contribution in [0.2, 0.25) is 0 Å². The average molecular weight is 1810 g/mol. The molecule has 6 heterocycles. The van der Waals surface area contributed by atoms with Gasteiger partial charge in [-0.15, -0.1) is 0 Å². The summed E-state index contributed by atoms with van der Waals surface area (Å²) in [7, 11) is 3.11. The van der Waals surface area contributed by atoms with Gasteiger partial charge in [0, 0.05) is 77.5 Å². The Bertz CT molecular complexity index is 5280. The summed E-state index contributed by atoms with van der Waals surface area (Å²) in [5.74, 6) is -15.3. The minimum atomic E-state index is -2.21. The molecule has 3 aliphatic rings. The number of aromatic hydroxyl groups is 1. The summed E-state index contributed by atoms with van der Waals surface area (Å²) in [5, 5.41) is 85.8. The summed E-state index contributed by atoms with van der Waals surface area (Å²) in [4.78, 5) is 226. The molecule has 7 aromatic rings. The first-order valence-corrected chi connectivity index (χ1v) is 44.3. The Kier molecular flexibility index (Phi) is 34.9. The number of aliphatic hydroxyl groups excluding tert-OH is 4. The van der Waals surface area contributed by atoms with Gasteiger partial charge in [0.15, 0.2) is 0 Å². The maximum Gasteiger partial charge on any atom is 0.411 e. The lowest BCUT2D eigenvalue weighted by Gasteiger charge is -2.37. The maximum atomic E-state index is 15.3. The number of aromatic amines is 1. The number of ether oxygens (including phenoxy) is 2. The molecule has 0 aliphatic carbocycles. The first-order chi connectivity index (χ1) is 61.3. The number of fused-ring (bicyclic) bond motifs is 6. The number of cyclic esters (lactones) is 1. The summed E-state index contributed by atoms with van der Waals surface area (Å²) in [6.07, 6.45) is -3.57. The van der Waals surface area contributed by atoms with Crippen molar-refractivity contribution in [3.05, 3.63) is 165 Å². The number of pyridine rings is 2. The molecule has 0 radical (unpaired) electrons. The van der Waals surface area contributed by atoms with E-state index < -0.39 is 217 Å². The number of carbonyl (C=O) groups excluding carboxylic acids is 14. The van der Waals surface area contributed by atoms with Crippen LogP contribution in [-0.2, 0) is 110 Å². The van der Waals surface area contributed by atoms with E-state index in [-0.39, 0.29) is 88.0 Å². The van der Waals surface area contributed by atoms with Gasteiger partial charge in [-0.2, -0.15) is 0 Å². The van der Waals surface area contributed by atoms with Crippen LogP contribution in [0.5, 0.6) is 5.75 Å². The van der Waals surface area contributed by atoms with Gasteiger partial charge >= 0.3 is 12.1 Å². The number of benzene rings is 4. The summed E-state index contributed by atoms with van der Waals surface area (Å²) in [6.45, 7) is 2.00. The molecule has 1 saturated heterocycles. The van der Waals surface area contributed by atoms with Gasteiger partial charge in [0.2, 0.25) is 76.5 Å². The second-order valence-electron chi connectivity index (χ2n) is 31.2. The number of hydrogen-bond acceptors (Lipinski definition) is 27. The molecule has 1 fully saturated rings. The van der Waals surface area contributed by atoms with Gasteiger partial charge in [0.05, 0.1) is 54.4 Å². The van der Waals surface area contributed by atoms with Crippen molar-refractivity contribution < 1.29 is 102 Å². The number of phenolic OH excluding ortho intramolecular Hbond substituents is 1. The number of para-hydroxylation sites is 2. The van der Waals surface area contributed by atoms with Crippen molar-refractivity contribution in [3.8, 4) is 17.1 Å². The van der Waals surface area contributed by atoms with Crippen molar-refractivity contribution in [2.45, 2.75) is 183 Å². The topological polar surface area (TPSA) is 609 Å². The van der Waals surface area contributed by atoms with Gasteiger partial charge in [-0.1, -0.05) is 127 Å². The number of likely N-dealkylation sites (N-methyl/N-ethyl adjacent to an activating group) is 1. The maximum absolute atomic E-state index is 15.3. The lowest BCUT2D eigenvalue weighted by molar-refractivity contribution is -0.173. The Morgan fingerprint density at radius 3 is 2.01 bits per heavy atom. The van der Waals surface area contributed by atoms with Gasteiger partial charge in [-0.25, -0.2) is 14.6 Å². The molecule has 128 heavy (non-hydrogen) atoms. The molecule has 13 amide bonds. The van der Waals surface area contributed by atoms with Crippen molar-refractivity contribution in [1.82, 2.24) is 83.2 Å². The summed E-state index contributed by atoms with van der Waals surface area (Å²) in [6, 6.07) is 12.6. The molecular weight excluding hydrogens is 1700 g/mol. The van der Waals surface area contributed by atoms with Crippen LogP contribution in [-0.4, -0.2) is 265 Å². The molecule has 10 rings (SSSR count). The van der Waals surface area contributed by atoms with E-state index in [9.17, 15) is 87.9 Å². The number of esters is 1. The van der Waals surface area contributed by atoms with Crippen LogP contribution in [0, 0.1) is 0 Å². The lowest BCUT2D eigenvalue weighted by atomic mass is 9.85. The molecule has 3 unspecified atom stereocenters. The average Bonchev–Trinajstić information content (AvgIpc) is 1.48. The van der Waals surface area contributed by atoms with Gasteiger partial charge in [-0.3, -0.25) is 67.2 Å². The van der Waals surface area contributed by atoms with Crippen LogP contribution in [0.15, 0.2) is 126 Å². The number of rotatable bonds is 35. The van der Waals surface area contributed by atoms with E-state index in [2.05, 4.69) is 68.8 Å². The summed E-state index contributed by atoms with van der Waals surface area (Å²) >= 11 is 0. The molecule has 14 atom stereocenters. The van der Waals surface area contributed by atoms with E-state index >= 15 is 9.59 Å². The largest absolute Gasteiger partial charge is 0.508 e. The Balaban J connectivity index is 0.893. The van der Waals surface area contributed by atoms with E-state index in [0.717, 1.165) is 51.3 Å². The van der Waals surface area contributed by atoms with Gasteiger partial charge in [0.25, 0.3) is 5.56 Å². The number of phenols is 1. The number of nitrogens with zero attached hydrogens (tertiary/aromatic N) is 3. The summed E-state index contributed by atoms with van der Waals surface area (Å²) < 4.78 is 13.2. The van der Waals surface area contributed by atoms with Crippen LogP contribution in [0.3, 0.4) is 0 Å². The van der Waals surface area contributed by atoms with E-state index in [1.807, 2.05) is 30.3 Å². The quantitative estimate of drug-likeness (QED) is 0.0145. The van der Waals surface area contributed by atoms with Crippen LogP contribution in [0.4, 0.5) is 4.79 Å². The lowest BCUT2D eigenvalue weighted by Crippen LogP contribution is -2.63. The van der Waals surface area contributed by atoms with Gasteiger partial charge < -0.3 is 120 Å². The number of hydrogen-bond donors (Lipinski definition) is 20. The van der Waals surface area contributed by atoms with Gasteiger partial charge in [-0.05, 0) is 106 Å². The monoisotopic (exact) mass is 1810 g/mol. The minimum absolute atomic E-state index is 0.00439. The second-order valence-corrected chi connectivity index (χ2v) is 33.8. The third-order valence-corrected chi connectivity index (χ3v) is 24.4. The normalized spacial score (nSPS) is 20.3. The number of nitrogens with one attached hydrogen (secondary N) is 13. The predicted octanol–water partition coefficient (Wildman–Crippen LogP) is -2.45. The van der Waals surface area contributed by atoms with Crippen molar-refractivity contribution >= 4 is 126 Å². The molecule has 3 aliphatic heterocycles. The van der Waals surface area contributed by atoms with E-state index in [1.54, 1.807) is 87.8 Å². The molecule has 0 saturated carbocycles. The van der Waals surface area contributed by atoms with E-state index in [1.165, 1.54) is 28.8 Å². The first kappa shape index (κ1) is 97.6. The third kappa shape index (κ3) is 24.8. The minimum Gasteiger partial charge on any atom is -0.508 e. The van der Waals surface area contributed by atoms with E-state index in [4.69, 9.17) is 25.9 Å². The summed E-state index contributed by atoms with van der Waals surface area (Å²) in [5.41, 5.74) is 13.0. The number of primary amides is 1. The highest BCUT2D eigenvalue weighted by Gasteiger charge is 2.52. The van der Waals surface area contributed by atoms with Crippen molar-refractivity contribution in [2.75, 3.05) is 57.9 Å². The zero-order valence-electron chi connectivity index (χ0n) is 71.0. The van der Waals surface area contributed by atoms with Gasteiger partial charge in [0.1, 0.15) is 85.4 Å². The molecule has 0 bridgehead atoms. The van der Waals surface area contributed by atoms with Crippen molar-refractivity contribution in [2.24, 2.45) is 11.5 Å². The highest BCUT2D eigenvalue weighted by molar-refractivity contribution is 8.76. The second kappa shape index (κ2) is 45.7. The van der Waals surface area contributed by atoms with Crippen molar-refractivity contribution in [1.29, 1.82) is 0 Å². The van der Waals surface area contributed by atoms with Crippen LogP contribution in [0.1, 0.15) is 99.6 Å². The van der Waals surface area contributed by atoms with Crippen LogP contribution in [0.25, 0.3) is 33.2 Å². The number of H-pyrrole nitrogens is 1. The number of aliphatic hydroxyl groups is 4. The first-order valence-electron chi connectivity index (χ1n) is 41.8. The Morgan fingerprint density at radius 1 is 0.695 bits per heavy atom. The number of unbranched alkanes of at least 4 members (excludes halogenated alkanes) is 1. The predicted molar refractivity (Wildman–Crippen MR) is 469 cm³/mol. The molecule has 3 aromatic heterocycles. The standard InChI is InChI=1S/C86H108N18O22S2/c1-6-8-21-58(94-78(117)63(40-105)91-68(110)39-103(31-30-89-5)85(124)126-86(7-2)55-36-67-71-51(34-49-19-12-14-22-56(49)92-71)38-104(67)83(122)54(55)42-125-84(86)123)73(112)95-61(33-48-25-27-52(109)28-26-48)76(115)98-64(41-106)79(118)99-65-43-127-128-44-66(81(120)101-69(45(3)107)72(88)111)100-82(121)70(46(4)108)102-74(113)59(24-16-29-87)93-77(116)62(35-50-37-90-57-23-15-13-20-53(50)57)97-75(114)60(96-80(65)119)32-47-17-10-9-11-18-47/h9-15,17-20,22-23,25-28,34,36-37,45-46,58-66,69-70,89-90,105-109H,6-8,16,21,24,29-33,35,38-44,87H2,1-5H3,(H2,88,111)(H,91,110)(H,93,116)(H,94,117)(H,95,112)(H,96,119)(H,97,114)(H,98,115)(H,99,118)(H,100,121)(H,101,120)(H,102,113)/t45-,46-,58+,59+,60?,61-,62-,63-,64-,65?,66-,69+,70?,86+/m1/s1. The SMILES string of the molecule is CCCC[C@H](NC(=O)[C@@H](CO)NC(=O)CN(CCNC)C(=O)O[C@]1(CC)C(=O)OCc2c1cc1n(c2=O)Cc2cc3ccccc3nc2-1)C(=O)N[C@H](Cc1ccc(O)cc1)C(=O)N[C@H](CO)C(=O)NC1CSSC[C@H](C(=O)N[C@H](C(N)=O)[C@@H](C)O)NC(=O)C([C@@H](C)O)NC(=O)[C@H](CCCN)NC(=O)[C@@H](Cc2c[nH]c3ccccc23)NC(=O)C(Cc2ccccc2)NC1=O. The number of aromatic nitrogens is 3. The Hall–Kier alpha value is -12.6. The highest BCUT2D eigenvalue weighted by Crippen LogP contribution is 2.42. The molecule has 42 heteroatoms. The smallest absolute Gasteiger partial charge is 0.411 e. The Labute approximate surface area is 742 Å². The van der Waals surface area contributed by atoms with Crippen LogP contribution < -0.4 is 80.8 Å². The number of amides is 13. The molecule has 40 nitrogen and oxygen atoms in total. The molecule has 686 valence electrons. The fourth-order valence-electron chi connectivity index (χ4n) is 14.8. The van der Waals surface area contributed by atoms with E-state index in [0.29, 0.717) is 50.9 Å². The molecule has 22 N–H and O–H groups in total. The zero-order chi connectivity index (χ0) is 92.6.